The third-order valence-corrected chi connectivity index (χ3v) is 5.62. The Labute approximate surface area is 173 Å². The van der Waals surface area contributed by atoms with Gasteiger partial charge in [-0.2, -0.15) is 5.10 Å². The Morgan fingerprint density at radius 3 is 2.48 bits per heavy atom. The van der Waals surface area contributed by atoms with Crippen LogP contribution in [0.3, 0.4) is 0 Å². The average Bonchev–Trinajstić information content (AvgIpc) is 3.01. The maximum atomic E-state index is 12.4. The van der Waals surface area contributed by atoms with Crippen LogP contribution in [-0.4, -0.2) is 59.6 Å². The molecule has 1 aromatic carbocycles. The first-order valence-corrected chi connectivity index (χ1v) is 10.4. The predicted octanol–water partition coefficient (Wildman–Crippen LogP) is 2.65. The third-order valence-electron chi connectivity index (χ3n) is 5.62. The minimum atomic E-state index is -0.143. The van der Waals surface area contributed by atoms with Crippen molar-refractivity contribution in [2.75, 3.05) is 32.8 Å². The first kappa shape index (κ1) is 21.3. The number of hydrogen-bond donors (Lipinski definition) is 2. The van der Waals surface area contributed by atoms with E-state index in [4.69, 9.17) is 4.74 Å². The Hall–Kier alpha value is -2.38. The van der Waals surface area contributed by atoms with Gasteiger partial charge < -0.3 is 15.4 Å². The molecule has 1 aliphatic heterocycles. The zero-order valence-corrected chi connectivity index (χ0v) is 17.9. The number of nitrogens with one attached hydrogen (secondary N) is 2. The summed E-state index contributed by atoms with van der Waals surface area (Å²) in [6, 6.07) is 10.2. The first-order valence-electron chi connectivity index (χ1n) is 10.4. The van der Waals surface area contributed by atoms with Crippen LogP contribution in [0.2, 0.25) is 0 Å². The Kier molecular flexibility index (Phi) is 7.28. The lowest BCUT2D eigenvalue weighted by atomic mass is 10.0. The highest BCUT2D eigenvalue weighted by Crippen LogP contribution is 2.17. The minimum absolute atomic E-state index is 0.143. The van der Waals surface area contributed by atoms with Crippen LogP contribution in [0.5, 0.6) is 0 Å². The van der Waals surface area contributed by atoms with Crippen molar-refractivity contribution in [1.82, 2.24) is 25.3 Å². The van der Waals surface area contributed by atoms with E-state index in [0.29, 0.717) is 25.0 Å². The van der Waals surface area contributed by atoms with Crippen LogP contribution in [0.15, 0.2) is 30.3 Å². The van der Waals surface area contributed by atoms with E-state index >= 15 is 0 Å². The molecule has 2 amide bonds. The number of carbonyl (C=O) groups is 1. The number of amides is 2. The number of aromatic nitrogens is 2. The van der Waals surface area contributed by atoms with Crippen molar-refractivity contribution in [1.29, 1.82) is 0 Å². The van der Waals surface area contributed by atoms with Gasteiger partial charge >= 0.3 is 6.03 Å². The quantitative estimate of drug-likeness (QED) is 0.751. The molecule has 1 fully saturated rings. The summed E-state index contributed by atoms with van der Waals surface area (Å²) in [5, 5.41) is 10.7. The third kappa shape index (κ3) is 5.36. The van der Waals surface area contributed by atoms with Crippen molar-refractivity contribution in [3.8, 4) is 5.69 Å². The Morgan fingerprint density at radius 1 is 1.14 bits per heavy atom. The topological polar surface area (TPSA) is 71.4 Å². The molecule has 0 bridgehead atoms. The van der Waals surface area contributed by atoms with Crippen molar-refractivity contribution in [3.05, 3.63) is 47.3 Å². The molecule has 2 aromatic rings. The maximum Gasteiger partial charge on any atom is 0.315 e. The SMILES string of the molecule is Cc1nn(-c2ccccc2)c(C)c1CNC(=O)NCC(C(C)C)N1CCOCC1. The zero-order chi connectivity index (χ0) is 20.8. The van der Waals surface area contributed by atoms with E-state index < -0.39 is 0 Å². The number of hydrogen-bond acceptors (Lipinski definition) is 4. The standard InChI is InChI=1S/C22H33N5O2/c1-16(2)21(26-10-12-29-13-11-26)15-24-22(28)23-14-20-17(3)25-27(18(20)4)19-8-6-5-7-9-19/h5-9,16,21H,10-15H2,1-4H3,(H2,23,24,28). The number of urea groups is 1. The van der Waals surface area contributed by atoms with Crippen molar-refractivity contribution in [2.24, 2.45) is 5.92 Å². The highest BCUT2D eigenvalue weighted by atomic mass is 16.5. The normalized spacial score (nSPS) is 16.0. The van der Waals surface area contributed by atoms with Crippen LogP contribution in [0, 0.1) is 19.8 Å². The summed E-state index contributed by atoms with van der Waals surface area (Å²) in [5.74, 6) is 0.460. The van der Waals surface area contributed by atoms with Gasteiger partial charge in [0, 0.05) is 43.5 Å². The molecule has 1 unspecified atom stereocenters. The average molecular weight is 400 g/mol. The van der Waals surface area contributed by atoms with Gasteiger partial charge in [-0.25, -0.2) is 9.48 Å². The lowest BCUT2D eigenvalue weighted by Crippen LogP contribution is -2.52. The number of benzene rings is 1. The number of nitrogens with zero attached hydrogens (tertiary/aromatic N) is 3. The molecule has 1 saturated heterocycles. The fourth-order valence-electron chi connectivity index (χ4n) is 3.88. The van der Waals surface area contributed by atoms with Gasteiger partial charge in [-0.15, -0.1) is 0 Å². The van der Waals surface area contributed by atoms with Gasteiger partial charge in [0.05, 0.1) is 24.6 Å². The van der Waals surface area contributed by atoms with E-state index in [1.807, 2.05) is 48.9 Å². The zero-order valence-electron chi connectivity index (χ0n) is 17.9. The molecule has 0 aliphatic carbocycles. The Bertz CT molecular complexity index is 797. The van der Waals surface area contributed by atoms with Gasteiger partial charge in [0.2, 0.25) is 0 Å². The molecule has 7 heteroatoms. The highest BCUT2D eigenvalue weighted by molar-refractivity contribution is 5.73. The first-order chi connectivity index (χ1) is 14.0. The van der Waals surface area contributed by atoms with E-state index in [-0.39, 0.29) is 6.03 Å². The molecule has 0 spiro atoms. The van der Waals surface area contributed by atoms with Gasteiger partial charge in [-0.05, 0) is 31.9 Å². The van der Waals surface area contributed by atoms with Crippen molar-refractivity contribution in [3.63, 3.8) is 0 Å². The summed E-state index contributed by atoms with van der Waals surface area (Å²) in [6.45, 7) is 12.9. The van der Waals surface area contributed by atoms with Crippen LogP contribution in [0.4, 0.5) is 4.79 Å². The molecule has 7 nitrogen and oxygen atoms in total. The summed E-state index contributed by atoms with van der Waals surface area (Å²) < 4.78 is 7.38. The fourth-order valence-corrected chi connectivity index (χ4v) is 3.88. The van der Waals surface area contributed by atoms with Gasteiger partial charge in [0.25, 0.3) is 0 Å². The lowest BCUT2D eigenvalue weighted by molar-refractivity contribution is 0.00719. The van der Waals surface area contributed by atoms with Crippen molar-refractivity contribution >= 4 is 6.03 Å². The number of morpholine rings is 1. The number of carbonyl (C=O) groups excluding carboxylic acids is 1. The lowest BCUT2D eigenvalue weighted by Gasteiger charge is -2.36. The van der Waals surface area contributed by atoms with Crippen LogP contribution >= 0.6 is 0 Å². The van der Waals surface area contributed by atoms with E-state index in [1.54, 1.807) is 0 Å². The van der Waals surface area contributed by atoms with Crippen molar-refractivity contribution in [2.45, 2.75) is 40.3 Å². The number of rotatable bonds is 7. The molecule has 0 saturated carbocycles. The predicted molar refractivity (Wildman–Crippen MR) is 114 cm³/mol. The second-order valence-electron chi connectivity index (χ2n) is 7.92. The summed E-state index contributed by atoms with van der Waals surface area (Å²) in [4.78, 5) is 14.8. The molecule has 3 rings (SSSR count). The molecule has 158 valence electrons. The second-order valence-corrected chi connectivity index (χ2v) is 7.92. The van der Waals surface area contributed by atoms with Crippen molar-refractivity contribution < 1.29 is 9.53 Å². The van der Waals surface area contributed by atoms with E-state index in [0.717, 1.165) is 48.9 Å². The fraction of sp³-hybridized carbons (Fsp3) is 0.545. The summed E-state index contributed by atoms with van der Waals surface area (Å²) in [7, 11) is 0. The maximum absolute atomic E-state index is 12.4. The summed E-state index contributed by atoms with van der Waals surface area (Å²) >= 11 is 0. The van der Waals surface area contributed by atoms with E-state index in [9.17, 15) is 4.79 Å². The number of aryl methyl sites for hydroxylation is 1. The second kappa shape index (κ2) is 9.89. The summed E-state index contributed by atoms with van der Waals surface area (Å²) in [6.07, 6.45) is 0. The van der Waals surface area contributed by atoms with Gasteiger partial charge in [-0.3, -0.25) is 4.90 Å². The minimum Gasteiger partial charge on any atom is -0.379 e. The molecule has 29 heavy (non-hydrogen) atoms. The molecular formula is C22H33N5O2. The van der Waals surface area contributed by atoms with Crippen LogP contribution < -0.4 is 10.6 Å². The van der Waals surface area contributed by atoms with Crippen LogP contribution in [0.1, 0.15) is 30.8 Å². The molecule has 2 heterocycles. The van der Waals surface area contributed by atoms with Gasteiger partial charge in [0.1, 0.15) is 0 Å². The van der Waals surface area contributed by atoms with Gasteiger partial charge in [-0.1, -0.05) is 32.0 Å². The summed E-state index contributed by atoms with van der Waals surface area (Å²) in [5.41, 5.74) is 4.05. The van der Waals surface area contributed by atoms with Crippen LogP contribution in [0.25, 0.3) is 5.69 Å². The molecule has 0 radical (unpaired) electrons. The van der Waals surface area contributed by atoms with E-state index in [2.05, 4.69) is 34.5 Å². The van der Waals surface area contributed by atoms with Crippen LogP contribution in [-0.2, 0) is 11.3 Å². The largest absolute Gasteiger partial charge is 0.379 e. The Morgan fingerprint density at radius 2 is 1.83 bits per heavy atom. The molecule has 1 aromatic heterocycles. The monoisotopic (exact) mass is 399 g/mol. The van der Waals surface area contributed by atoms with E-state index in [1.165, 1.54) is 0 Å². The van der Waals surface area contributed by atoms with Gasteiger partial charge in [0.15, 0.2) is 0 Å². The molecule has 1 aliphatic rings. The molecule has 2 N–H and O–H groups in total. The molecule has 1 atom stereocenters. The highest BCUT2D eigenvalue weighted by Gasteiger charge is 2.24. The number of para-hydroxylation sites is 1. The molecular weight excluding hydrogens is 366 g/mol. The Balaban J connectivity index is 1.56. The smallest absolute Gasteiger partial charge is 0.315 e. The number of ether oxygens (including phenoxy) is 1.